The second-order valence-corrected chi connectivity index (χ2v) is 7.52. The average molecular weight is 414 g/mol. The van der Waals surface area contributed by atoms with Crippen LogP contribution < -0.4 is 4.90 Å². The summed E-state index contributed by atoms with van der Waals surface area (Å²) < 4.78 is 1.09. The van der Waals surface area contributed by atoms with Crippen molar-refractivity contribution >= 4 is 27.7 Å². The third-order valence-electron chi connectivity index (χ3n) is 4.72. The summed E-state index contributed by atoms with van der Waals surface area (Å²) in [7, 11) is 0. The molecule has 0 saturated carbocycles. The van der Waals surface area contributed by atoms with Gasteiger partial charge in [-0.05, 0) is 58.2 Å². The number of benzene rings is 3. The van der Waals surface area contributed by atoms with Crippen LogP contribution in [0.4, 0.5) is 5.69 Å². The molecule has 0 N–H and O–H groups in total. The van der Waals surface area contributed by atoms with E-state index in [9.17, 15) is 0 Å². The molecule has 1 aliphatic heterocycles. The molecular formula is C25H20BrN. The predicted octanol–water partition coefficient (Wildman–Crippen LogP) is 7.22. The van der Waals surface area contributed by atoms with Gasteiger partial charge in [-0.1, -0.05) is 83.2 Å². The van der Waals surface area contributed by atoms with Crippen LogP contribution in [0.1, 0.15) is 11.1 Å². The summed E-state index contributed by atoms with van der Waals surface area (Å²) in [5, 5.41) is 0. The van der Waals surface area contributed by atoms with Crippen LogP contribution in [0.2, 0.25) is 0 Å². The monoisotopic (exact) mass is 413 g/mol. The molecule has 1 aliphatic rings. The van der Waals surface area contributed by atoms with Crippen LogP contribution >= 0.6 is 15.9 Å². The molecule has 0 atom stereocenters. The zero-order chi connectivity index (χ0) is 18.6. The number of allylic oxidation sites excluding steroid dienone is 3. The molecule has 0 aromatic heterocycles. The molecule has 0 fully saturated rings. The molecule has 1 nitrogen and oxygen atoms in total. The van der Waals surface area contributed by atoms with Crippen molar-refractivity contribution in [2.24, 2.45) is 0 Å². The van der Waals surface area contributed by atoms with Crippen molar-refractivity contribution in [3.63, 3.8) is 0 Å². The van der Waals surface area contributed by atoms with Gasteiger partial charge in [-0.15, -0.1) is 0 Å². The van der Waals surface area contributed by atoms with Gasteiger partial charge in [0.25, 0.3) is 0 Å². The van der Waals surface area contributed by atoms with Crippen molar-refractivity contribution in [3.05, 3.63) is 119 Å². The zero-order valence-corrected chi connectivity index (χ0v) is 16.6. The summed E-state index contributed by atoms with van der Waals surface area (Å²) in [6.07, 6.45) is 8.38. The van der Waals surface area contributed by atoms with E-state index in [-0.39, 0.29) is 0 Å². The van der Waals surface area contributed by atoms with E-state index in [2.05, 4.69) is 125 Å². The molecule has 3 aromatic carbocycles. The lowest BCUT2D eigenvalue weighted by Gasteiger charge is -2.22. The summed E-state index contributed by atoms with van der Waals surface area (Å²) >= 11 is 3.49. The number of hydrogen-bond acceptors (Lipinski definition) is 1. The van der Waals surface area contributed by atoms with E-state index in [0.29, 0.717) is 0 Å². The first-order valence-electron chi connectivity index (χ1n) is 8.95. The zero-order valence-electron chi connectivity index (χ0n) is 15.0. The number of rotatable bonds is 2. The maximum absolute atomic E-state index is 4.12. The van der Waals surface area contributed by atoms with E-state index < -0.39 is 0 Å². The molecule has 0 bridgehead atoms. The van der Waals surface area contributed by atoms with Crippen molar-refractivity contribution in [2.75, 3.05) is 4.90 Å². The van der Waals surface area contributed by atoms with Crippen LogP contribution in [0, 0.1) is 0 Å². The Labute approximate surface area is 169 Å². The smallest absolute Gasteiger partial charge is 0.0481 e. The van der Waals surface area contributed by atoms with Gasteiger partial charge in [0.1, 0.15) is 0 Å². The van der Waals surface area contributed by atoms with Crippen molar-refractivity contribution < 1.29 is 0 Å². The van der Waals surface area contributed by atoms with E-state index in [1.807, 2.05) is 0 Å². The van der Waals surface area contributed by atoms with Crippen LogP contribution in [-0.2, 0) is 6.54 Å². The van der Waals surface area contributed by atoms with Gasteiger partial charge in [-0.3, -0.25) is 0 Å². The predicted molar refractivity (Wildman–Crippen MR) is 120 cm³/mol. The maximum Gasteiger partial charge on any atom is 0.0481 e. The van der Waals surface area contributed by atoms with Crippen LogP contribution in [0.3, 0.4) is 0 Å². The van der Waals surface area contributed by atoms with Crippen LogP contribution in [0.25, 0.3) is 17.2 Å². The lowest BCUT2D eigenvalue weighted by molar-refractivity contribution is 0.965. The Hall–Kier alpha value is -2.84. The van der Waals surface area contributed by atoms with E-state index in [0.717, 1.165) is 22.3 Å². The average Bonchev–Trinajstić information content (AvgIpc) is 2.78. The maximum atomic E-state index is 4.12. The highest BCUT2D eigenvalue weighted by Crippen LogP contribution is 2.27. The molecule has 0 spiro atoms. The van der Waals surface area contributed by atoms with Crippen molar-refractivity contribution in [1.29, 1.82) is 0 Å². The van der Waals surface area contributed by atoms with Crippen LogP contribution in [-0.4, -0.2) is 0 Å². The Kier molecular flexibility index (Phi) is 5.08. The summed E-state index contributed by atoms with van der Waals surface area (Å²) in [4.78, 5) is 2.27. The molecule has 1 heterocycles. The Balaban J connectivity index is 1.66. The van der Waals surface area contributed by atoms with Gasteiger partial charge < -0.3 is 4.90 Å². The number of nitrogens with zero attached hydrogens (tertiary/aromatic N) is 1. The minimum absolute atomic E-state index is 0.821. The van der Waals surface area contributed by atoms with Gasteiger partial charge in [0.2, 0.25) is 0 Å². The highest BCUT2D eigenvalue weighted by molar-refractivity contribution is 9.10. The Bertz CT molecular complexity index is 1010. The van der Waals surface area contributed by atoms with Crippen molar-refractivity contribution in [3.8, 4) is 11.1 Å². The molecule has 0 saturated heterocycles. The van der Waals surface area contributed by atoms with Crippen LogP contribution in [0.15, 0.2) is 108 Å². The molecule has 4 rings (SSSR count). The Morgan fingerprint density at radius 2 is 1.41 bits per heavy atom. The third-order valence-corrected chi connectivity index (χ3v) is 5.25. The van der Waals surface area contributed by atoms with Gasteiger partial charge in [0.15, 0.2) is 0 Å². The molecule has 132 valence electrons. The molecule has 0 unspecified atom stereocenters. The highest BCUT2D eigenvalue weighted by atomic mass is 79.9. The molecule has 27 heavy (non-hydrogen) atoms. The molecule has 0 amide bonds. The quantitative estimate of drug-likeness (QED) is 0.428. The van der Waals surface area contributed by atoms with Gasteiger partial charge in [0, 0.05) is 22.9 Å². The molecular weight excluding hydrogens is 394 g/mol. The summed E-state index contributed by atoms with van der Waals surface area (Å²) in [5.41, 5.74) is 7.11. The molecule has 2 heteroatoms. The summed E-state index contributed by atoms with van der Waals surface area (Å²) in [5.74, 6) is 0. The topological polar surface area (TPSA) is 3.24 Å². The fourth-order valence-electron chi connectivity index (χ4n) is 3.18. The van der Waals surface area contributed by atoms with Gasteiger partial charge in [-0.2, -0.15) is 0 Å². The SMILES string of the molecule is C=C1/C=C\c2ccccc2CN(c2ccc(-c3ccc(Br)cc3)cc2)/C=C\1. The molecule has 3 aromatic rings. The van der Waals surface area contributed by atoms with E-state index in [1.54, 1.807) is 0 Å². The van der Waals surface area contributed by atoms with Crippen LogP contribution in [0.5, 0.6) is 0 Å². The minimum atomic E-state index is 0.821. The van der Waals surface area contributed by atoms with E-state index >= 15 is 0 Å². The summed E-state index contributed by atoms with van der Waals surface area (Å²) in [6.45, 7) is 4.94. The van der Waals surface area contributed by atoms with E-state index in [4.69, 9.17) is 0 Å². The minimum Gasteiger partial charge on any atom is -0.344 e. The van der Waals surface area contributed by atoms with Crippen molar-refractivity contribution in [2.45, 2.75) is 6.54 Å². The number of anilines is 1. The lowest BCUT2D eigenvalue weighted by Crippen LogP contribution is -2.15. The first kappa shape index (κ1) is 17.6. The summed E-state index contributed by atoms with van der Waals surface area (Å²) in [6, 6.07) is 25.6. The first-order valence-corrected chi connectivity index (χ1v) is 9.74. The fourth-order valence-corrected chi connectivity index (χ4v) is 3.44. The van der Waals surface area contributed by atoms with Gasteiger partial charge in [-0.25, -0.2) is 0 Å². The first-order chi connectivity index (χ1) is 13.2. The molecule has 0 aliphatic carbocycles. The normalized spacial score (nSPS) is 16.0. The highest BCUT2D eigenvalue weighted by Gasteiger charge is 2.09. The standard InChI is InChI=1S/C25H20BrN/c1-19-6-7-20-4-2-3-5-23(20)18-27(17-16-19)25-14-10-22(11-15-25)21-8-12-24(26)13-9-21/h2-17H,1,18H2/b7-6-,17-16-. The number of hydrogen-bond donors (Lipinski definition) is 0. The Morgan fingerprint density at radius 3 is 2.15 bits per heavy atom. The second-order valence-electron chi connectivity index (χ2n) is 6.60. The van der Waals surface area contributed by atoms with Crippen molar-refractivity contribution in [1.82, 2.24) is 0 Å². The number of fused-ring (bicyclic) bond motifs is 1. The second kappa shape index (κ2) is 7.81. The fraction of sp³-hybridized carbons (Fsp3) is 0.0400. The van der Waals surface area contributed by atoms with E-state index in [1.165, 1.54) is 22.3 Å². The largest absolute Gasteiger partial charge is 0.344 e. The number of halogens is 1. The molecule has 0 radical (unpaired) electrons. The van der Waals surface area contributed by atoms with Gasteiger partial charge in [0.05, 0.1) is 0 Å². The third kappa shape index (κ3) is 4.12. The lowest BCUT2D eigenvalue weighted by atomic mass is 10.0. The Morgan fingerprint density at radius 1 is 0.741 bits per heavy atom. The van der Waals surface area contributed by atoms with Gasteiger partial charge >= 0.3 is 0 Å².